The SMILES string of the molecule is Cc1sc2ncn(CC(=O)N[C@@H](c3ccccc3)c3cccs3)c(=O)c2c1C. The van der Waals surface area contributed by atoms with Gasteiger partial charge in [0.15, 0.2) is 0 Å². The Morgan fingerprint density at radius 3 is 2.68 bits per heavy atom. The third kappa shape index (κ3) is 3.50. The van der Waals surface area contributed by atoms with E-state index < -0.39 is 0 Å². The highest BCUT2D eigenvalue weighted by atomic mass is 32.1. The molecule has 4 rings (SSSR count). The highest BCUT2D eigenvalue weighted by Crippen LogP contribution is 2.27. The number of benzene rings is 1. The lowest BCUT2D eigenvalue weighted by atomic mass is 10.1. The minimum absolute atomic E-state index is 0.0647. The molecule has 4 aromatic rings. The largest absolute Gasteiger partial charge is 0.343 e. The maximum atomic E-state index is 12.8. The van der Waals surface area contributed by atoms with Crippen LogP contribution >= 0.6 is 22.7 Å². The summed E-state index contributed by atoms with van der Waals surface area (Å²) in [6.07, 6.45) is 1.46. The van der Waals surface area contributed by atoms with Crippen LogP contribution in [0, 0.1) is 13.8 Å². The van der Waals surface area contributed by atoms with Crippen LogP contribution < -0.4 is 10.9 Å². The molecule has 1 aromatic carbocycles. The van der Waals surface area contributed by atoms with Crippen molar-refractivity contribution in [3.63, 3.8) is 0 Å². The molecule has 0 saturated heterocycles. The molecule has 3 heterocycles. The number of hydrogen-bond donors (Lipinski definition) is 1. The third-order valence-electron chi connectivity index (χ3n) is 4.74. The maximum Gasteiger partial charge on any atom is 0.262 e. The van der Waals surface area contributed by atoms with Gasteiger partial charge in [0.25, 0.3) is 5.56 Å². The second kappa shape index (κ2) is 7.69. The van der Waals surface area contributed by atoms with Crippen LogP contribution in [0.3, 0.4) is 0 Å². The van der Waals surface area contributed by atoms with Crippen molar-refractivity contribution >= 4 is 38.8 Å². The fourth-order valence-electron chi connectivity index (χ4n) is 3.16. The van der Waals surface area contributed by atoms with Gasteiger partial charge in [0.2, 0.25) is 5.91 Å². The lowest BCUT2D eigenvalue weighted by molar-refractivity contribution is -0.122. The second-order valence-electron chi connectivity index (χ2n) is 6.57. The van der Waals surface area contributed by atoms with Crippen LogP contribution in [0.15, 0.2) is 59.0 Å². The minimum Gasteiger partial charge on any atom is -0.343 e. The Morgan fingerprint density at radius 1 is 1.18 bits per heavy atom. The fraction of sp³-hybridized carbons (Fsp3) is 0.190. The van der Waals surface area contributed by atoms with Gasteiger partial charge in [-0.05, 0) is 36.4 Å². The van der Waals surface area contributed by atoms with E-state index in [9.17, 15) is 9.59 Å². The van der Waals surface area contributed by atoms with Crippen LogP contribution in [0.4, 0.5) is 0 Å². The molecule has 0 saturated carbocycles. The average molecular weight is 410 g/mol. The molecule has 0 fully saturated rings. The van der Waals surface area contributed by atoms with Gasteiger partial charge in [-0.1, -0.05) is 36.4 Å². The Labute approximate surface area is 170 Å². The molecular weight excluding hydrogens is 390 g/mol. The van der Waals surface area contributed by atoms with Gasteiger partial charge >= 0.3 is 0 Å². The van der Waals surface area contributed by atoms with Gasteiger partial charge in [-0.15, -0.1) is 22.7 Å². The molecule has 3 aromatic heterocycles. The first-order valence-electron chi connectivity index (χ1n) is 8.87. The minimum atomic E-state index is -0.244. The Hall–Kier alpha value is -2.77. The van der Waals surface area contributed by atoms with E-state index in [1.54, 1.807) is 11.3 Å². The van der Waals surface area contributed by atoms with Crippen molar-refractivity contribution in [2.24, 2.45) is 0 Å². The number of rotatable bonds is 5. The molecule has 1 amide bonds. The number of aromatic nitrogens is 2. The summed E-state index contributed by atoms with van der Waals surface area (Å²) in [5, 5.41) is 5.66. The van der Waals surface area contributed by atoms with E-state index in [1.165, 1.54) is 22.2 Å². The van der Waals surface area contributed by atoms with E-state index >= 15 is 0 Å². The quantitative estimate of drug-likeness (QED) is 0.541. The molecule has 1 N–H and O–H groups in total. The van der Waals surface area contributed by atoms with Crippen molar-refractivity contribution < 1.29 is 4.79 Å². The summed E-state index contributed by atoms with van der Waals surface area (Å²) in [5.41, 5.74) is 1.77. The molecular formula is C21H19N3O2S2. The Balaban J connectivity index is 1.61. The molecule has 142 valence electrons. The zero-order chi connectivity index (χ0) is 19.7. The first kappa shape index (κ1) is 18.6. The number of hydrogen-bond acceptors (Lipinski definition) is 5. The molecule has 28 heavy (non-hydrogen) atoms. The lowest BCUT2D eigenvalue weighted by Crippen LogP contribution is -2.35. The maximum absolute atomic E-state index is 12.8. The molecule has 0 aliphatic rings. The topological polar surface area (TPSA) is 64.0 Å². The number of fused-ring (bicyclic) bond motifs is 1. The standard InChI is InChI=1S/C21H19N3O2S2/c1-13-14(2)28-20-18(13)21(26)24(12-22-20)11-17(25)23-19(16-9-6-10-27-16)15-7-4-3-5-8-15/h3-10,12,19H,11H2,1-2H3,(H,23,25)/t19-/m0/s1. The number of carbonyl (C=O) groups is 1. The molecule has 0 aliphatic heterocycles. The van der Waals surface area contributed by atoms with Crippen molar-refractivity contribution in [3.05, 3.63) is 85.4 Å². The van der Waals surface area contributed by atoms with Gasteiger partial charge in [0.05, 0.1) is 17.8 Å². The molecule has 5 nitrogen and oxygen atoms in total. The molecule has 0 bridgehead atoms. The van der Waals surface area contributed by atoms with Gasteiger partial charge in [-0.25, -0.2) is 4.98 Å². The zero-order valence-corrected chi connectivity index (χ0v) is 17.1. The molecule has 0 spiro atoms. The van der Waals surface area contributed by atoms with Gasteiger partial charge in [0.1, 0.15) is 11.4 Å². The summed E-state index contributed by atoms with van der Waals surface area (Å²) in [4.78, 5) is 32.8. The number of amides is 1. The highest BCUT2D eigenvalue weighted by Gasteiger charge is 2.19. The molecule has 7 heteroatoms. The molecule has 0 unspecified atom stereocenters. The summed E-state index contributed by atoms with van der Waals surface area (Å²) in [6, 6.07) is 13.5. The highest BCUT2D eigenvalue weighted by molar-refractivity contribution is 7.18. The average Bonchev–Trinajstić information content (AvgIpc) is 3.32. The van der Waals surface area contributed by atoms with E-state index in [4.69, 9.17) is 0 Å². The predicted octanol–water partition coefficient (Wildman–Crippen LogP) is 4.04. The number of nitrogens with one attached hydrogen (secondary N) is 1. The molecule has 0 aliphatic carbocycles. The molecule has 1 atom stereocenters. The monoisotopic (exact) mass is 409 g/mol. The van der Waals surface area contributed by atoms with Crippen LogP contribution in [-0.4, -0.2) is 15.5 Å². The van der Waals surface area contributed by atoms with E-state index in [1.807, 2.05) is 61.7 Å². The van der Waals surface area contributed by atoms with E-state index in [2.05, 4.69) is 10.3 Å². The van der Waals surface area contributed by atoms with E-state index in [-0.39, 0.29) is 24.1 Å². The zero-order valence-electron chi connectivity index (χ0n) is 15.5. The number of thiophene rings is 2. The predicted molar refractivity (Wildman–Crippen MR) is 114 cm³/mol. The first-order valence-corrected chi connectivity index (χ1v) is 10.6. The van der Waals surface area contributed by atoms with Crippen LogP contribution in [0.5, 0.6) is 0 Å². The van der Waals surface area contributed by atoms with Crippen molar-refractivity contribution in [3.8, 4) is 0 Å². The first-order chi connectivity index (χ1) is 13.5. The lowest BCUT2D eigenvalue weighted by Gasteiger charge is -2.18. The normalized spacial score (nSPS) is 12.2. The number of carbonyl (C=O) groups excluding carboxylic acids is 1. The third-order valence-corrected chi connectivity index (χ3v) is 6.79. The van der Waals surface area contributed by atoms with Gasteiger partial charge in [0, 0.05) is 9.75 Å². The van der Waals surface area contributed by atoms with E-state index in [0.717, 1.165) is 25.7 Å². The van der Waals surface area contributed by atoms with Crippen LogP contribution in [0.2, 0.25) is 0 Å². The Kier molecular flexibility index (Phi) is 5.11. The Morgan fingerprint density at radius 2 is 1.96 bits per heavy atom. The summed E-state index contributed by atoms with van der Waals surface area (Å²) in [5.74, 6) is -0.227. The van der Waals surface area contributed by atoms with Crippen LogP contribution in [0.25, 0.3) is 10.2 Å². The van der Waals surface area contributed by atoms with Crippen LogP contribution in [0.1, 0.15) is 26.9 Å². The van der Waals surface area contributed by atoms with Crippen molar-refractivity contribution in [1.29, 1.82) is 0 Å². The second-order valence-corrected chi connectivity index (χ2v) is 8.75. The van der Waals surface area contributed by atoms with Crippen LogP contribution in [-0.2, 0) is 11.3 Å². The van der Waals surface area contributed by atoms with Gasteiger partial charge in [-0.2, -0.15) is 0 Å². The summed E-state index contributed by atoms with van der Waals surface area (Å²) < 4.78 is 1.38. The van der Waals surface area contributed by atoms with Crippen molar-refractivity contribution in [2.45, 2.75) is 26.4 Å². The van der Waals surface area contributed by atoms with Crippen molar-refractivity contribution in [1.82, 2.24) is 14.9 Å². The summed E-state index contributed by atoms with van der Waals surface area (Å²) in [6.45, 7) is 3.83. The number of nitrogens with zero attached hydrogens (tertiary/aromatic N) is 2. The van der Waals surface area contributed by atoms with E-state index in [0.29, 0.717) is 5.39 Å². The summed E-state index contributed by atoms with van der Waals surface area (Å²) >= 11 is 3.09. The van der Waals surface area contributed by atoms with Crippen molar-refractivity contribution in [2.75, 3.05) is 0 Å². The smallest absolute Gasteiger partial charge is 0.262 e. The summed E-state index contributed by atoms with van der Waals surface area (Å²) in [7, 11) is 0. The fourth-order valence-corrected chi connectivity index (χ4v) is 4.95. The van der Waals surface area contributed by atoms with Gasteiger partial charge < -0.3 is 5.32 Å². The Bertz CT molecular complexity index is 1180. The molecule has 0 radical (unpaired) electrons. The van der Waals surface area contributed by atoms with Gasteiger partial charge in [-0.3, -0.25) is 14.2 Å². The number of aryl methyl sites for hydroxylation is 2.